The maximum atomic E-state index is 9.49. The summed E-state index contributed by atoms with van der Waals surface area (Å²) >= 11 is 5.86. The monoisotopic (exact) mass is 287 g/mol. The molecule has 0 aliphatic carbocycles. The van der Waals surface area contributed by atoms with Crippen molar-refractivity contribution in [3.8, 4) is 6.07 Å². The van der Waals surface area contributed by atoms with Gasteiger partial charge in [0.15, 0.2) is 0 Å². The average Bonchev–Trinajstić information content (AvgIpc) is 2.48. The zero-order valence-electron chi connectivity index (χ0n) is 10.8. The Balaban J connectivity index is 2.39. The molecule has 102 valence electrons. The van der Waals surface area contributed by atoms with Gasteiger partial charge in [0, 0.05) is 18.7 Å². The second-order valence-electron chi connectivity index (χ2n) is 4.40. The highest BCUT2D eigenvalue weighted by atomic mass is 35.5. The van der Waals surface area contributed by atoms with E-state index in [0.29, 0.717) is 12.1 Å². The van der Waals surface area contributed by atoms with Crippen molar-refractivity contribution in [2.24, 2.45) is 0 Å². The zero-order chi connectivity index (χ0) is 14.4. The van der Waals surface area contributed by atoms with Gasteiger partial charge in [0.25, 0.3) is 0 Å². The van der Waals surface area contributed by atoms with Gasteiger partial charge < -0.3 is 5.11 Å². The lowest BCUT2D eigenvalue weighted by Gasteiger charge is -2.21. The SMILES string of the molecule is N#C[C@H](c1ccccc1)[C@H](CCO)c1cncc(Cl)n1. The second-order valence-corrected chi connectivity index (χ2v) is 4.79. The van der Waals surface area contributed by atoms with Crippen LogP contribution in [0.1, 0.15) is 29.5 Å². The number of rotatable bonds is 5. The molecule has 2 atom stereocenters. The quantitative estimate of drug-likeness (QED) is 0.918. The van der Waals surface area contributed by atoms with Crippen LogP contribution in [0.2, 0.25) is 5.15 Å². The third-order valence-electron chi connectivity index (χ3n) is 3.14. The Morgan fingerprint density at radius 2 is 2.00 bits per heavy atom. The molecule has 4 nitrogen and oxygen atoms in total. The first-order chi connectivity index (χ1) is 9.76. The number of nitrogens with zero attached hydrogens (tertiary/aromatic N) is 3. The first-order valence-electron chi connectivity index (χ1n) is 6.29. The van der Waals surface area contributed by atoms with E-state index in [4.69, 9.17) is 11.6 Å². The number of aromatic nitrogens is 2. The highest BCUT2D eigenvalue weighted by molar-refractivity contribution is 6.29. The summed E-state index contributed by atoms with van der Waals surface area (Å²) in [5, 5.41) is 19.0. The fraction of sp³-hybridized carbons (Fsp3) is 0.267. The molecule has 1 aromatic carbocycles. The first kappa shape index (κ1) is 14.4. The molecule has 0 fully saturated rings. The van der Waals surface area contributed by atoms with E-state index < -0.39 is 5.92 Å². The Morgan fingerprint density at radius 3 is 2.60 bits per heavy atom. The van der Waals surface area contributed by atoms with Crippen molar-refractivity contribution in [2.75, 3.05) is 6.61 Å². The summed E-state index contributed by atoms with van der Waals surface area (Å²) in [7, 11) is 0. The van der Waals surface area contributed by atoms with Crippen LogP contribution in [0, 0.1) is 11.3 Å². The lowest BCUT2D eigenvalue weighted by molar-refractivity contribution is 0.271. The number of hydrogen-bond acceptors (Lipinski definition) is 4. The molecule has 0 saturated carbocycles. The van der Waals surface area contributed by atoms with Crippen LogP contribution in [0.15, 0.2) is 42.7 Å². The molecule has 0 bridgehead atoms. The van der Waals surface area contributed by atoms with Crippen LogP contribution in [0.4, 0.5) is 0 Å². The van der Waals surface area contributed by atoms with E-state index in [0.717, 1.165) is 5.56 Å². The van der Waals surface area contributed by atoms with Gasteiger partial charge in [0.1, 0.15) is 5.15 Å². The second kappa shape index (κ2) is 6.99. The van der Waals surface area contributed by atoms with Crippen LogP contribution in [0.3, 0.4) is 0 Å². The van der Waals surface area contributed by atoms with Crippen molar-refractivity contribution in [2.45, 2.75) is 18.3 Å². The fourth-order valence-corrected chi connectivity index (χ4v) is 2.37. The minimum absolute atomic E-state index is 0.0239. The topological polar surface area (TPSA) is 69.8 Å². The minimum atomic E-state index is -0.392. The van der Waals surface area contributed by atoms with Crippen molar-refractivity contribution in [3.05, 3.63) is 59.1 Å². The molecular formula is C15H14ClN3O. The number of nitriles is 1. The molecule has 0 saturated heterocycles. The van der Waals surface area contributed by atoms with E-state index in [1.807, 2.05) is 30.3 Å². The maximum absolute atomic E-state index is 9.49. The molecule has 1 heterocycles. The van der Waals surface area contributed by atoms with Gasteiger partial charge >= 0.3 is 0 Å². The van der Waals surface area contributed by atoms with E-state index in [1.165, 1.54) is 6.20 Å². The van der Waals surface area contributed by atoms with Crippen LogP contribution >= 0.6 is 11.6 Å². The molecule has 2 aromatic rings. The molecule has 2 rings (SSSR count). The summed E-state index contributed by atoms with van der Waals surface area (Å²) in [6, 6.07) is 11.8. The molecule has 0 radical (unpaired) electrons. The first-order valence-corrected chi connectivity index (χ1v) is 6.67. The molecular weight excluding hydrogens is 274 g/mol. The lowest BCUT2D eigenvalue weighted by Crippen LogP contribution is -2.13. The summed E-state index contributed by atoms with van der Waals surface area (Å²) in [5.74, 6) is -0.630. The van der Waals surface area contributed by atoms with Crippen LogP contribution in [-0.2, 0) is 0 Å². The molecule has 1 aromatic heterocycles. The Bertz CT molecular complexity index is 598. The van der Waals surface area contributed by atoms with Crippen molar-refractivity contribution in [1.82, 2.24) is 9.97 Å². The van der Waals surface area contributed by atoms with Gasteiger partial charge in [0.2, 0.25) is 0 Å². The van der Waals surface area contributed by atoms with Crippen LogP contribution < -0.4 is 0 Å². The van der Waals surface area contributed by atoms with Gasteiger partial charge in [0.05, 0.1) is 23.9 Å². The molecule has 5 heteroatoms. The smallest absolute Gasteiger partial charge is 0.147 e. The van der Waals surface area contributed by atoms with Gasteiger partial charge in [-0.2, -0.15) is 5.26 Å². The number of halogens is 1. The van der Waals surface area contributed by atoms with Crippen LogP contribution in [0.25, 0.3) is 0 Å². The molecule has 0 unspecified atom stereocenters. The summed E-state index contributed by atoms with van der Waals surface area (Å²) in [6.45, 7) is -0.0239. The summed E-state index contributed by atoms with van der Waals surface area (Å²) in [6.07, 6.45) is 3.48. The third-order valence-corrected chi connectivity index (χ3v) is 3.33. The number of benzene rings is 1. The van der Waals surface area contributed by atoms with Crippen LogP contribution in [0.5, 0.6) is 0 Å². The van der Waals surface area contributed by atoms with E-state index >= 15 is 0 Å². The molecule has 0 aliphatic heterocycles. The van der Waals surface area contributed by atoms with E-state index in [2.05, 4.69) is 16.0 Å². The van der Waals surface area contributed by atoms with E-state index in [9.17, 15) is 10.4 Å². The van der Waals surface area contributed by atoms with Crippen molar-refractivity contribution < 1.29 is 5.11 Å². The number of aliphatic hydroxyl groups is 1. The Hall–Kier alpha value is -1.96. The Morgan fingerprint density at radius 1 is 1.25 bits per heavy atom. The average molecular weight is 288 g/mol. The number of aliphatic hydroxyl groups excluding tert-OH is 1. The molecule has 20 heavy (non-hydrogen) atoms. The predicted molar refractivity (Wildman–Crippen MR) is 76.3 cm³/mol. The normalized spacial score (nSPS) is 13.4. The third kappa shape index (κ3) is 3.32. The van der Waals surface area contributed by atoms with E-state index in [1.54, 1.807) is 6.20 Å². The highest BCUT2D eigenvalue weighted by Crippen LogP contribution is 2.34. The maximum Gasteiger partial charge on any atom is 0.147 e. The highest BCUT2D eigenvalue weighted by Gasteiger charge is 2.26. The van der Waals surface area contributed by atoms with E-state index in [-0.39, 0.29) is 17.7 Å². The molecule has 0 amide bonds. The van der Waals surface area contributed by atoms with Gasteiger partial charge in [-0.05, 0) is 12.0 Å². The van der Waals surface area contributed by atoms with Gasteiger partial charge in [-0.1, -0.05) is 41.9 Å². The Kier molecular flexibility index (Phi) is 5.05. The van der Waals surface area contributed by atoms with Gasteiger partial charge in [-0.3, -0.25) is 4.98 Å². The standard InChI is InChI=1S/C15H14ClN3O/c16-15-10-18-9-14(19-15)12(6-7-20)13(8-17)11-4-2-1-3-5-11/h1-5,9-10,12-13,20H,6-7H2/t12-,13+/m0/s1. The van der Waals surface area contributed by atoms with Crippen LogP contribution in [-0.4, -0.2) is 21.7 Å². The van der Waals surface area contributed by atoms with Crippen molar-refractivity contribution in [1.29, 1.82) is 5.26 Å². The van der Waals surface area contributed by atoms with Gasteiger partial charge in [-0.25, -0.2) is 4.98 Å². The zero-order valence-corrected chi connectivity index (χ0v) is 11.5. The van der Waals surface area contributed by atoms with Gasteiger partial charge in [-0.15, -0.1) is 0 Å². The summed E-state index contributed by atoms with van der Waals surface area (Å²) < 4.78 is 0. The number of hydrogen-bond donors (Lipinski definition) is 1. The lowest BCUT2D eigenvalue weighted by atomic mass is 9.83. The molecule has 0 spiro atoms. The predicted octanol–water partition coefficient (Wildman–Crippen LogP) is 2.90. The Labute approximate surface area is 122 Å². The molecule has 1 N–H and O–H groups in total. The minimum Gasteiger partial charge on any atom is -0.396 e. The summed E-state index contributed by atoms with van der Waals surface area (Å²) in [4.78, 5) is 8.24. The van der Waals surface area contributed by atoms with Crippen molar-refractivity contribution >= 4 is 11.6 Å². The summed E-state index contributed by atoms with van der Waals surface area (Å²) in [5.41, 5.74) is 1.53. The molecule has 0 aliphatic rings. The fourth-order valence-electron chi connectivity index (χ4n) is 2.22. The largest absolute Gasteiger partial charge is 0.396 e. The van der Waals surface area contributed by atoms with Crippen molar-refractivity contribution in [3.63, 3.8) is 0 Å².